The summed E-state index contributed by atoms with van der Waals surface area (Å²) in [6, 6.07) is 0. The van der Waals surface area contributed by atoms with Gasteiger partial charge < -0.3 is 0 Å². The van der Waals surface area contributed by atoms with Gasteiger partial charge in [-0.25, -0.2) is 16.1 Å². The van der Waals surface area contributed by atoms with E-state index in [1.807, 2.05) is 12.3 Å². The van der Waals surface area contributed by atoms with Crippen LogP contribution in [-0.2, 0) is 0 Å². The Morgan fingerprint density at radius 3 is 3.08 bits per heavy atom. The van der Waals surface area contributed by atoms with E-state index in [1.165, 1.54) is 19.3 Å². The Morgan fingerprint density at radius 2 is 2.42 bits per heavy atom. The third kappa shape index (κ3) is 3.39. The highest BCUT2D eigenvalue weighted by Gasteiger charge is 1.96. The minimum atomic E-state index is 0.987. The molecule has 0 aliphatic carbocycles. The van der Waals surface area contributed by atoms with Crippen molar-refractivity contribution in [2.75, 3.05) is 6.54 Å². The van der Waals surface area contributed by atoms with Gasteiger partial charge in [0.2, 0.25) is 0 Å². The van der Waals surface area contributed by atoms with Gasteiger partial charge in [-0.05, 0) is 12.5 Å². The summed E-state index contributed by atoms with van der Waals surface area (Å²) in [5, 5.41) is 5.62. The fraction of sp³-hybridized carbons (Fsp3) is 0.625. The summed E-state index contributed by atoms with van der Waals surface area (Å²) in [6.07, 6.45) is 9.22. The molecule has 0 aromatic heterocycles. The molecule has 1 aliphatic heterocycles. The van der Waals surface area contributed by atoms with Gasteiger partial charge in [-0.2, -0.15) is 5.10 Å². The summed E-state index contributed by atoms with van der Waals surface area (Å²) < 4.78 is 0. The van der Waals surface area contributed by atoms with Crippen LogP contribution in [0.2, 0.25) is 0 Å². The van der Waals surface area contributed by atoms with Gasteiger partial charge in [-0.1, -0.05) is 19.8 Å². The van der Waals surface area contributed by atoms with Crippen molar-refractivity contribution in [3.8, 4) is 0 Å². The molecule has 68 valence electrons. The summed E-state index contributed by atoms with van der Waals surface area (Å²) in [5.74, 6) is 0. The maximum atomic E-state index is 3.86. The van der Waals surface area contributed by atoms with Gasteiger partial charge in [0.25, 0.3) is 0 Å². The average molecular weight is 168 g/mol. The first-order chi connectivity index (χ1) is 5.93. The first-order valence-electron chi connectivity index (χ1n) is 4.41. The van der Waals surface area contributed by atoms with Gasteiger partial charge in [0.05, 0.1) is 6.21 Å². The van der Waals surface area contributed by atoms with Crippen LogP contribution in [0.5, 0.6) is 0 Å². The Hall–Kier alpha value is -1.03. The van der Waals surface area contributed by atoms with Crippen LogP contribution in [0.4, 0.5) is 0 Å². The highest BCUT2D eigenvalue weighted by molar-refractivity contribution is 5.70. The number of nitrogens with zero attached hydrogens (tertiary/aromatic N) is 2. The summed E-state index contributed by atoms with van der Waals surface area (Å²) in [6.45, 7) is 3.18. The number of hydrazine groups is 2. The zero-order valence-corrected chi connectivity index (χ0v) is 7.45. The van der Waals surface area contributed by atoms with Gasteiger partial charge in [0.1, 0.15) is 0 Å². The molecule has 0 unspecified atom stereocenters. The van der Waals surface area contributed by atoms with E-state index >= 15 is 0 Å². The Morgan fingerprint density at radius 1 is 1.50 bits per heavy atom. The lowest BCUT2D eigenvalue weighted by molar-refractivity contribution is 0.187. The topological polar surface area (TPSA) is 39.7 Å². The lowest BCUT2D eigenvalue weighted by Crippen LogP contribution is -2.43. The van der Waals surface area contributed by atoms with Gasteiger partial charge in [0.15, 0.2) is 0 Å². The van der Waals surface area contributed by atoms with Crippen molar-refractivity contribution in [3.05, 3.63) is 12.3 Å². The molecule has 4 heteroatoms. The number of rotatable bonds is 5. The van der Waals surface area contributed by atoms with E-state index in [1.54, 1.807) is 11.3 Å². The maximum absolute atomic E-state index is 3.86. The molecule has 0 aromatic carbocycles. The third-order valence-corrected chi connectivity index (χ3v) is 1.62. The molecule has 1 aliphatic rings. The molecule has 0 amide bonds. The van der Waals surface area contributed by atoms with Crippen molar-refractivity contribution in [1.29, 1.82) is 0 Å². The minimum Gasteiger partial charge on any atom is -0.214 e. The lowest BCUT2D eigenvalue weighted by Gasteiger charge is -2.21. The molecule has 1 rings (SSSR count). The molecule has 1 heterocycles. The molecule has 0 bridgehead atoms. The number of hydrogen-bond acceptors (Lipinski definition) is 4. The standard InChI is InChI=1S/C8H16N4/c1-2-3-4-7-10-12-8-5-6-9-11-12/h5-6,8,10-11H,2-4,7H2,1H3. The summed E-state index contributed by atoms with van der Waals surface area (Å²) >= 11 is 0. The molecule has 12 heavy (non-hydrogen) atoms. The molecule has 0 fully saturated rings. The average Bonchev–Trinajstić information content (AvgIpc) is 2.14. The van der Waals surface area contributed by atoms with E-state index in [9.17, 15) is 0 Å². The van der Waals surface area contributed by atoms with Crippen LogP contribution >= 0.6 is 0 Å². The zero-order valence-electron chi connectivity index (χ0n) is 7.45. The van der Waals surface area contributed by atoms with E-state index in [-0.39, 0.29) is 0 Å². The quantitative estimate of drug-likeness (QED) is 0.602. The molecule has 0 spiro atoms. The second-order valence-electron chi connectivity index (χ2n) is 2.70. The van der Waals surface area contributed by atoms with Crippen LogP contribution in [-0.4, -0.2) is 17.9 Å². The smallest absolute Gasteiger partial charge is 0.0504 e. The van der Waals surface area contributed by atoms with Crippen molar-refractivity contribution in [3.63, 3.8) is 0 Å². The van der Waals surface area contributed by atoms with Gasteiger partial charge in [0, 0.05) is 12.7 Å². The fourth-order valence-electron chi connectivity index (χ4n) is 0.959. The van der Waals surface area contributed by atoms with Crippen LogP contribution < -0.4 is 11.0 Å². The molecule has 2 N–H and O–H groups in total. The molecule has 0 radical (unpaired) electrons. The van der Waals surface area contributed by atoms with Gasteiger partial charge in [-0.15, -0.1) is 0 Å². The predicted octanol–water partition coefficient (Wildman–Crippen LogP) is 1.00. The molecular weight excluding hydrogens is 152 g/mol. The van der Waals surface area contributed by atoms with Crippen molar-refractivity contribution in [2.24, 2.45) is 5.10 Å². The fourth-order valence-corrected chi connectivity index (χ4v) is 0.959. The first kappa shape index (κ1) is 9.06. The van der Waals surface area contributed by atoms with E-state index in [4.69, 9.17) is 0 Å². The third-order valence-electron chi connectivity index (χ3n) is 1.62. The highest BCUT2D eigenvalue weighted by Crippen LogP contribution is 1.92. The first-order valence-corrected chi connectivity index (χ1v) is 4.41. The second kappa shape index (κ2) is 5.60. The van der Waals surface area contributed by atoms with E-state index in [0.717, 1.165) is 6.54 Å². The van der Waals surface area contributed by atoms with Crippen LogP contribution in [0, 0.1) is 0 Å². The maximum Gasteiger partial charge on any atom is 0.0504 e. The Labute approximate surface area is 73.3 Å². The van der Waals surface area contributed by atoms with Crippen LogP contribution in [0.15, 0.2) is 17.4 Å². The minimum absolute atomic E-state index is 0.987. The molecule has 4 nitrogen and oxygen atoms in total. The number of hydrogen-bond donors (Lipinski definition) is 2. The summed E-state index contributed by atoms with van der Waals surface area (Å²) in [7, 11) is 0. The number of unbranched alkanes of at least 4 members (excludes halogenated alkanes) is 2. The SMILES string of the molecule is CCCCCNN1C=CC=NN1. The number of nitrogens with one attached hydrogen (secondary N) is 2. The highest BCUT2D eigenvalue weighted by atomic mass is 15.8. The van der Waals surface area contributed by atoms with Gasteiger partial charge >= 0.3 is 0 Å². The number of allylic oxidation sites excluding steroid dienone is 1. The van der Waals surface area contributed by atoms with Crippen LogP contribution in [0.3, 0.4) is 0 Å². The van der Waals surface area contributed by atoms with Crippen LogP contribution in [0.25, 0.3) is 0 Å². The predicted molar refractivity (Wildman–Crippen MR) is 50.1 cm³/mol. The largest absolute Gasteiger partial charge is 0.214 e. The van der Waals surface area contributed by atoms with E-state index in [2.05, 4.69) is 23.0 Å². The summed E-state index contributed by atoms with van der Waals surface area (Å²) in [4.78, 5) is 0. The molecule has 0 saturated carbocycles. The second-order valence-corrected chi connectivity index (χ2v) is 2.70. The molecule has 0 aromatic rings. The molecular formula is C8H16N4. The Kier molecular flexibility index (Phi) is 4.23. The number of hydrazone groups is 1. The van der Waals surface area contributed by atoms with Crippen molar-refractivity contribution in [2.45, 2.75) is 26.2 Å². The van der Waals surface area contributed by atoms with Crippen molar-refractivity contribution < 1.29 is 0 Å². The van der Waals surface area contributed by atoms with Crippen molar-refractivity contribution in [1.82, 2.24) is 16.1 Å². The summed E-state index contributed by atoms with van der Waals surface area (Å²) in [5.41, 5.74) is 5.98. The van der Waals surface area contributed by atoms with E-state index < -0.39 is 0 Å². The van der Waals surface area contributed by atoms with Crippen molar-refractivity contribution >= 4 is 6.21 Å². The molecule has 0 saturated heterocycles. The Balaban J connectivity index is 2.00. The monoisotopic (exact) mass is 168 g/mol. The molecule has 0 atom stereocenters. The van der Waals surface area contributed by atoms with E-state index in [0.29, 0.717) is 0 Å². The van der Waals surface area contributed by atoms with Crippen LogP contribution in [0.1, 0.15) is 26.2 Å². The van der Waals surface area contributed by atoms with Gasteiger partial charge in [-0.3, -0.25) is 0 Å². The zero-order chi connectivity index (χ0) is 8.65. The Bertz CT molecular complexity index is 164. The lowest BCUT2D eigenvalue weighted by atomic mass is 10.2. The normalized spacial score (nSPS) is 14.9.